The minimum atomic E-state index is 0. The molecule has 0 saturated carbocycles. The summed E-state index contributed by atoms with van der Waals surface area (Å²) in [5.41, 5.74) is 0. The SMILES string of the molecule is C.C.C=O.CCC. The van der Waals surface area contributed by atoms with E-state index in [-0.39, 0.29) is 14.9 Å². The van der Waals surface area contributed by atoms with Crippen molar-refractivity contribution < 1.29 is 4.79 Å². The maximum Gasteiger partial charge on any atom is 0.106 e. The average molecular weight is 106 g/mol. The van der Waals surface area contributed by atoms with E-state index in [1.165, 1.54) is 6.42 Å². The van der Waals surface area contributed by atoms with Crippen LogP contribution in [-0.2, 0) is 4.79 Å². The lowest BCUT2D eigenvalue weighted by Crippen LogP contribution is -1.27. The summed E-state index contributed by atoms with van der Waals surface area (Å²) in [4.78, 5) is 8.00. The molecular weight excluding hydrogens is 88.1 g/mol. The van der Waals surface area contributed by atoms with Gasteiger partial charge in [-0.2, -0.15) is 0 Å². The molecule has 0 N–H and O–H groups in total. The minimum absolute atomic E-state index is 0. The summed E-state index contributed by atoms with van der Waals surface area (Å²) in [5.74, 6) is 0. The van der Waals surface area contributed by atoms with Crippen molar-refractivity contribution in [2.75, 3.05) is 0 Å². The molecule has 0 atom stereocenters. The van der Waals surface area contributed by atoms with Gasteiger partial charge in [-0.05, 0) is 0 Å². The first-order chi connectivity index (χ1) is 2.41. The highest BCUT2D eigenvalue weighted by Gasteiger charge is 1.35. The summed E-state index contributed by atoms with van der Waals surface area (Å²) in [6.07, 6.45) is 1.25. The highest BCUT2D eigenvalue weighted by atomic mass is 16.1. The lowest BCUT2D eigenvalue weighted by Gasteiger charge is -1.48. The molecule has 0 saturated heterocycles. The van der Waals surface area contributed by atoms with Gasteiger partial charge in [0.15, 0.2) is 0 Å². The summed E-state index contributed by atoms with van der Waals surface area (Å²) in [6, 6.07) is 0. The maximum atomic E-state index is 8.00. The van der Waals surface area contributed by atoms with Crippen molar-refractivity contribution in [3.05, 3.63) is 0 Å². The van der Waals surface area contributed by atoms with Crippen LogP contribution < -0.4 is 0 Å². The van der Waals surface area contributed by atoms with Gasteiger partial charge in [0.1, 0.15) is 6.79 Å². The Hall–Kier alpha value is -0.330. The van der Waals surface area contributed by atoms with Gasteiger partial charge in [0.05, 0.1) is 0 Å². The quantitative estimate of drug-likeness (QED) is 0.463. The number of rotatable bonds is 0. The molecule has 0 bridgehead atoms. The smallest absolute Gasteiger partial charge is 0.106 e. The lowest BCUT2D eigenvalue weighted by atomic mass is 10.6. The Labute approximate surface area is 47.7 Å². The molecule has 0 aliphatic rings. The number of carbonyl (C=O) groups excluding carboxylic acids is 1. The van der Waals surface area contributed by atoms with E-state index in [4.69, 9.17) is 4.79 Å². The zero-order valence-corrected chi connectivity index (χ0v) is 3.82. The molecule has 0 aromatic heterocycles. The summed E-state index contributed by atoms with van der Waals surface area (Å²) in [5, 5.41) is 0. The Morgan fingerprint density at radius 3 is 1.14 bits per heavy atom. The lowest BCUT2D eigenvalue weighted by molar-refractivity contribution is -0.0979. The first kappa shape index (κ1) is 30.1. The molecule has 0 aromatic rings. The van der Waals surface area contributed by atoms with E-state index >= 15 is 0 Å². The zero-order chi connectivity index (χ0) is 4.71. The van der Waals surface area contributed by atoms with Crippen molar-refractivity contribution in [2.45, 2.75) is 35.1 Å². The van der Waals surface area contributed by atoms with E-state index in [2.05, 4.69) is 13.8 Å². The third-order valence-electron chi connectivity index (χ3n) is 0. The number of hydrogen-bond donors (Lipinski definition) is 0. The zero-order valence-electron chi connectivity index (χ0n) is 3.82. The predicted molar refractivity (Wildman–Crippen MR) is 36.5 cm³/mol. The highest BCUT2D eigenvalue weighted by Crippen LogP contribution is 1.56. The summed E-state index contributed by atoms with van der Waals surface area (Å²) in [7, 11) is 0. The van der Waals surface area contributed by atoms with Crippen LogP contribution in [-0.4, -0.2) is 6.79 Å². The van der Waals surface area contributed by atoms with Crippen LogP contribution in [0.4, 0.5) is 0 Å². The van der Waals surface area contributed by atoms with Crippen LogP contribution in [0.1, 0.15) is 35.1 Å². The first-order valence-corrected chi connectivity index (χ1v) is 1.70. The van der Waals surface area contributed by atoms with E-state index in [1.54, 1.807) is 0 Å². The van der Waals surface area contributed by atoms with Crippen molar-refractivity contribution in [3.63, 3.8) is 0 Å². The van der Waals surface area contributed by atoms with Crippen LogP contribution in [0.3, 0.4) is 0 Å². The van der Waals surface area contributed by atoms with Crippen LogP contribution in [0.25, 0.3) is 0 Å². The van der Waals surface area contributed by atoms with E-state index in [0.717, 1.165) is 0 Å². The van der Waals surface area contributed by atoms with Crippen molar-refractivity contribution in [1.82, 2.24) is 0 Å². The highest BCUT2D eigenvalue weighted by molar-refractivity contribution is 5.10. The molecule has 0 amide bonds. The second-order valence-corrected chi connectivity index (χ2v) is 0.707. The number of hydrogen-bond acceptors (Lipinski definition) is 1. The minimum Gasteiger partial charge on any atom is -0.307 e. The van der Waals surface area contributed by atoms with Gasteiger partial charge in [0, 0.05) is 0 Å². The normalized spacial score (nSPS) is 3.14. The topological polar surface area (TPSA) is 17.1 Å². The molecule has 0 aliphatic heterocycles. The van der Waals surface area contributed by atoms with Crippen LogP contribution in [0.5, 0.6) is 0 Å². The Kier molecular flexibility index (Phi) is 1180. The van der Waals surface area contributed by atoms with E-state index in [0.29, 0.717) is 0 Å². The molecule has 0 heterocycles. The Morgan fingerprint density at radius 1 is 1.14 bits per heavy atom. The Balaban J connectivity index is -0.0000000105. The fraction of sp³-hybridized carbons (Fsp3) is 0.833. The molecule has 7 heavy (non-hydrogen) atoms. The summed E-state index contributed by atoms with van der Waals surface area (Å²) >= 11 is 0. The van der Waals surface area contributed by atoms with Crippen LogP contribution >= 0.6 is 0 Å². The molecule has 0 fully saturated rings. The number of carbonyl (C=O) groups is 1. The van der Waals surface area contributed by atoms with E-state index < -0.39 is 0 Å². The largest absolute Gasteiger partial charge is 0.307 e. The second-order valence-electron chi connectivity index (χ2n) is 0.707. The van der Waals surface area contributed by atoms with Crippen LogP contribution in [0, 0.1) is 0 Å². The van der Waals surface area contributed by atoms with E-state index in [1.807, 2.05) is 6.79 Å². The standard InChI is InChI=1S/C3H8.CH2O.2CH4/c1-3-2;1-2;;/h3H2,1-2H3;1H2;2*1H4. The third kappa shape index (κ3) is 701. The monoisotopic (exact) mass is 106 g/mol. The molecule has 0 aromatic carbocycles. The van der Waals surface area contributed by atoms with Gasteiger partial charge in [-0.1, -0.05) is 35.1 Å². The van der Waals surface area contributed by atoms with E-state index in [9.17, 15) is 0 Å². The Bertz CT molecular complexity index is 8.14. The molecule has 0 rings (SSSR count). The molecule has 48 valence electrons. The average Bonchev–Trinajstić information content (AvgIpc) is 1.46. The van der Waals surface area contributed by atoms with Crippen LogP contribution in [0.2, 0.25) is 0 Å². The second kappa shape index (κ2) is 275. The fourth-order valence-electron chi connectivity index (χ4n) is 0. The van der Waals surface area contributed by atoms with Crippen LogP contribution in [0.15, 0.2) is 0 Å². The van der Waals surface area contributed by atoms with Crippen molar-refractivity contribution in [1.29, 1.82) is 0 Å². The molecule has 0 aliphatic carbocycles. The van der Waals surface area contributed by atoms with Gasteiger partial charge >= 0.3 is 0 Å². The summed E-state index contributed by atoms with van der Waals surface area (Å²) < 4.78 is 0. The van der Waals surface area contributed by atoms with Gasteiger partial charge < -0.3 is 4.79 Å². The predicted octanol–water partition coefficient (Wildman–Crippen LogP) is 2.50. The Morgan fingerprint density at radius 2 is 1.14 bits per heavy atom. The molecule has 1 nitrogen and oxygen atoms in total. The van der Waals surface area contributed by atoms with Gasteiger partial charge in [-0.25, -0.2) is 0 Å². The molecular formula is C6H18O. The van der Waals surface area contributed by atoms with Gasteiger partial charge in [-0.3, -0.25) is 0 Å². The van der Waals surface area contributed by atoms with Crippen molar-refractivity contribution in [2.24, 2.45) is 0 Å². The summed E-state index contributed by atoms with van der Waals surface area (Å²) in [6.45, 7) is 6.25. The fourth-order valence-corrected chi connectivity index (χ4v) is 0. The maximum absolute atomic E-state index is 8.00. The van der Waals surface area contributed by atoms with Gasteiger partial charge in [0.2, 0.25) is 0 Å². The van der Waals surface area contributed by atoms with Gasteiger partial charge in [-0.15, -0.1) is 0 Å². The van der Waals surface area contributed by atoms with Gasteiger partial charge in [0.25, 0.3) is 0 Å². The third-order valence-corrected chi connectivity index (χ3v) is 0. The molecule has 0 spiro atoms. The molecule has 0 radical (unpaired) electrons. The first-order valence-electron chi connectivity index (χ1n) is 1.70. The van der Waals surface area contributed by atoms with Crippen molar-refractivity contribution >= 4 is 6.79 Å². The molecule has 0 unspecified atom stereocenters. The van der Waals surface area contributed by atoms with Crippen molar-refractivity contribution in [3.8, 4) is 0 Å². The molecule has 1 heteroatoms.